The van der Waals surface area contributed by atoms with E-state index in [1.54, 1.807) is 12.1 Å². The van der Waals surface area contributed by atoms with Gasteiger partial charge in [0.2, 0.25) is 0 Å². The van der Waals surface area contributed by atoms with Crippen molar-refractivity contribution in [3.05, 3.63) is 33.9 Å². The highest BCUT2D eigenvalue weighted by Gasteiger charge is 2.27. The van der Waals surface area contributed by atoms with E-state index in [0.717, 1.165) is 24.3 Å². The molecule has 1 aromatic rings. The second-order valence-corrected chi connectivity index (χ2v) is 5.67. The van der Waals surface area contributed by atoms with Gasteiger partial charge in [-0.3, -0.25) is 15.0 Å². The summed E-state index contributed by atoms with van der Waals surface area (Å²) in [5.74, 6) is 0. The van der Waals surface area contributed by atoms with Crippen molar-refractivity contribution < 1.29 is 9.66 Å². The maximum atomic E-state index is 10.9. The van der Waals surface area contributed by atoms with Crippen molar-refractivity contribution in [3.63, 3.8) is 0 Å². The van der Waals surface area contributed by atoms with Crippen molar-refractivity contribution in [2.45, 2.75) is 26.0 Å². The molecule has 6 heteroatoms. The summed E-state index contributed by atoms with van der Waals surface area (Å²) >= 11 is 0. The van der Waals surface area contributed by atoms with Crippen molar-refractivity contribution in [2.24, 2.45) is 0 Å². The fourth-order valence-electron chi connectivity index (χ4n) is 2.56. The van der Waals surface area contributed by atoms with E-state index in [9.17, 15) is 10.1 Å². The van der Waals surface area contributed by atoms with Gasteiger partial charge in [-0.15, -0.1) is 0 Å². The van der Waals surface area contributed by atoms with Crippen molar-refractivity contribution in [1.82, 2.24) is 4.90 Å². The Bertz CT molecular complexity index is 502. The zero-order valence-corrected chi connectivity index (χ0v) is 12.2. The Morgan fingerprint density at radius 1 is 1.50 bits per heavy atom. The molecule has 1 fully saturated rings. The van der Waals surface area contributed by atoms with E-state index in [4.69, 9.17) is 4.74 Å². The lowest BCUT2D eigenvalue weighted by molar-refractivity contribution is -0.384. The molecule has 6 nitrogen and oxygen atoms in total. The van der Waals surface area contributed by atoms with Gasteiger partial charge in [0.15, 0.2) is 0 Å². The number of benzene rings is 1. The van der Waals surface area contributed by atoms with Crippen molar-refractivity contribution in [3.8, 4) is 0 Å². The Balaban J connectivity index is 2.18. The number of nitrogens with zero attached hydrogens (tertiary/aromatic N) is 2. The molecular weight excluding hydrogens is 258 g/mol. The molecule has 0 saturated carbocycles. The molecule has 1 heterocycles. The molecule has 1 aromatic carbocycles. The molecule has 0 aromatic heterocycles. The number of hydrogen-bond acceptors (Lipinski definition) is 5. The zero-order valence-electron chi connectivity index (χ0n) is 12.2. The maximum Gasteiger partial charge on any atom is 0.269 e. The van der Waals surface area contributed by atoms with Crippen LogP contribution in [0.2, 0.25) is 0 Å². The first-order chi connectivity index (χ1) is 9.41. The van der Waals surface area contributed by atoms with Crippen LogP contribution in [-0.4, -0.2) is 42.2 Å². The molecule has 1 aliphatic rings. The molecule has 0 aliphatic carbocycles. The highest BCUT2D eigenvalue weighted by atomic mass is 16.6. The van der Waals surface area contributed by atoms with Crippen molar-refractivity contribution >= 4 is 11.4 Å². The molecule has 110 valence electrons. The largest absolute Gasteiger partial charge is 0.388 e. The van der Waals surface area contributed by atoms with Crippen LogP contribution in [0.3, 0.4) is 0 Å². The van der Waals surface area contributed by atoms with E-state index < -0.39 is 0 Å². The summed E-state index contributed by atoms with van der Waals surface area (Å²) < 4.78 is 5.69. The van der Waals surface area contributed by atoms with E-state index in [2.05, 4.69) is 24.1 Å². The molecule has 0 bridgehead atoms. The van der Waals surface area contributed by atoms with Gasteiger partial charge in [-0.05, 0) is 25.5 Å². The van der Waals surface area contributed by atoms with Crippen LogP contribution < -0.4 is 5.32 Å². The summed E-state index contributed by atoms with van der Waals surface area (Å²) in [7, 11) is 1.83. The highest BCUT2D eigenvalue weighted by molar-refractivity contribution is 5.55. The second-order valence-electron chi connectivity index (χ2n) is 5.67. The fraction of sp³-hybridized carbons (Fsp3) is 0.571. The van der Waals surface area contributed by atoms with Crippen LogP contribution >= 0.6 is 0 Å². The van der Waals surface area contributed by atoms with Gasteiger partial charge in [-0.2, -0.15) is 0 Å². The molecule has 20 heavy (non-hydrogen) atoms. The second kappa shape index (κ2) is 5.76. The molecule has 0 atom stereocenters. The number of morpholine rings is 1. The third-order valence-electron chi connectivity index (χ3n) is 3.47. The van der Waals surface area contributed by atoms with Crippen molar-refractivity contribution in [1.29, 1.82) is 0 Å². The minimum Gasteiger partial charge on any atom is -0.388 e. The van der Waals surface area contributed by atoms with Gasteiger partial charge in [0.25, 0.3) is 5.69 Å². The number of anilines is 1. The normalized spacial score (nSPS) is 18.8. The Morgan fingerprint density at radius 2 is 2.25 bits per heavy atom. The fourth-order valence-corrected chi connectivity index (χ4v) is 2.56. The van der Waals surface area contributed by atoms with Crippen LogP contribution in [0.1, 0.15) is 19.4 Å². The lowest BCUT2D eigenvalue weighted by Crippen LogP contribution is -2.47. The Kier molecular flexibility index (Phi) is 4.25. The lowest BCUT2D eigenvalue weighted by atomic mass is 10.1. The van der Waals surface area contributed by atoms with Crippen LogP contribution in [0.25, 0.3) is 0 Å². The summed E-state index contributed by atoms with van der Waals surface area (Å²) in [6.07, 6.45) is 0. The molecule has 0 unspecified atom stereocenters. The SMILES string of the molecule is CNc1ccc([N+](=O)[O-])cc1CN1CCOC(C)(C)C1. The standard InChI is InChI=1S/C14H21N3O3/c1-14(2)10-16(6-7-20-14)9-11-8-12(17(18)19)4-5-13(11)15-3/h4-5,8,15H,6-7,9-10H2,1-3H3. The third-order valence-corrected chi connectivity index (χ3v) is 3.47. The van der Waals surface area contributed by atoms with Gasteiger partial charge in [0, 0.05) is 44.5 Å². The minimum absolute atomic E-state index is 0.131. The summed E-state index contributed by atoms with van der Waals surface area (Å²) in [5, 5.41) is 14.0. The molecule has 1 aliphatic heterocycles. The summed E-state index contributed by atoms with van der Waals surface area (Å²) in [5.41, 5.74) is 1.84. The summed E-state index contributed by atoms with van der Waals surface area (Å²) in [6.45, 7) is 7.16. The lowest BCUT2D eigenvalue weighted by Gasteiger charge is -2.38. The van der Waals surface area contributed by atoms with Crippen LogP contribution in [0, 0.1) is 10.1 Å². The molecule has 1 N–H and O–H groups in total. The topological polar surface area (TPSA) is 67.6 Å². The Hall–Kier alpha value is -1.66. The zero-order chi connectivity index (χ0) is 14.8. The molecule has 0 radical (unpaired) electrons. The summed E-state index contributed by atoms with van der Waals surface area (Å²) in [4.78, 5) is 12.8. The smallest absolute Gasteiger partial charge is 0.269 e. The first-order valence-electron chi connectivity index (χ1n) is 6.73. The van der Waals surface area contributed by atoms with E-state index >= 15 is 0 Å². The predicted molar refractivity (Wildman–Crippen MR) is 78.0 cm³/mol. The number of nitrogens with one attached hydrogen (secondary N) is 1. The van der Waals surface area contributed by atoms with E-state index in [0.29, 0.717) is 13.2 Å². The van der Waals surface area contributed by atoms with Gasteiger partial charge < -0.3 is 10.1 Å². The third kappa shape index (κ3) is 3.46. The van der Waals surface area contributed by atoms with Crippen LogP contribution in [0.5, 0.6) is 0 Å². The first kappa shape index (κ1) is 14.7. The molecule has 0 amide bonds. The van der Waals surface area contributed by atoms with Crippen LogP contribution in [0.15, 0.2) is 18.2 Å². The Morgan fingerprint density at radius 3 is 2.85 bits per heavy atom. The van der Waals surface area contributed by atoms with Gasteiger partial charge >= 0.3 is 0 Å². The van der Waals surface area contributed by atoms with E-state index in [1.807, 2.05) is 7.05 Å². The maximum absolute atomic E-state index is 10.9. The number of non-ortho nitro benzene ring substituents is 1. The summed E-state index contributed by atoms with van der Waals surface area (Å²) in [6, 6.07) is 4.94. The van der Waals surface area contributed by atoms with Crippen LogP contribution in [0.4, 0.5) is 11.4 Å². The molecule has 2 rings (SSSR count). The highest BCUT2D eigenvalue weighted by Crippen LogP contribution is 2.25. The number of hydrogen-bond donors (Lipinski definition) is 1. The monoisotopic (exact) mass is 279 g/mol. The average molecular weight is 279 g/mol. The van der Waals surface area contributed by atoms with Crippen LogP contribution in [-0.2, 0) is 11.3 Å². The number of nitro benzene ring substituents is 1. The predicted octanol–water partition coefficient (Wildman–Crippen LogP) is 2.25. The van der Waals surface area contributed by atoms with E-state index in [-0.39, 0.29) is 16.2 Å². The average Bonchev–Trinajstić information content (AvgIpc) is 2.37. The first-order valence-corrected chi connectivity index (χ1v) is 6.73. The van der Waals surface area contributed by atoms with Gasteiger partial charge in [0.1, 0.15) is 0 Å². The molecule has 1 saturated heterocycles. The number of ether oxygens (including phenoxy) is 1. The van der Waals surface area contributed by atoms with E-state index in [1.165, 1.54) is 6.07 Å². The quantitative estimate of drug-likeness (QED) is 0.676. The number of rotatable bonds is 4. The van der Waals surface area contributed by atoms with Gasteiger partial charge in [0.05, 0.1) is 17.1 Å². The van der Waals surface area contributed by atoms with Crippen molar-refractivity contribution in [2.75, 3.05) is 32.1 Å². The Labute approximate surface area is 118 Å². The van der Waals surface area contributed by atoms with Gasteiger partial charge in [-0.25, -0.2) is 0 Å². The van der Waals surface area contributed by atoms with Gasteiger partial charge in [-0.1, -0.05) is 0 Å². The number of nitro groups is 1. The minimum atomic E-state index is -0.355. The molecular formula is C14H21N3O3. The molecule has 0 spiro atoms.